The van der Waals surface area contributed by atoms with Crippen LogP contribution in [0.2, 0.25) is 0 Å². The van der Waals surface area contributed by atoms with Gasteiger partial charge < -0.3 is 19.5 Å². The van der Waals surface area contributed by atoms with Crippen LogP contribution in [0.15, 0.2) is 34.9 Å². The van der Waals surface area contributed by atoms with Gasteiger partial charge in [-0.05, 0) is 61.3 Å². The van der Waals surface area contributed by atoms with Crippen LogP contribution in [0.1, 0.15) is 29.0 Å². The third-order valence-electron chi connectivity index (χ3n) is 5.08. The molecule has 3 saturated heterocycles. The lowest BCUT2D eigenvalue weighted by Gasteiger charge is -2.44. The number of benzene rings is 1. The number of aromatic nitrogens is 1. The lowest BCUT2D eigenvalue weighted by atomic mass is 9.84. The summed E-state index contributed by atoms with van der Waals surface area (Å²) in [5, 5.41) is 6.32. The smallest absolute Gasteiger partial charge is 0.436 e. The molecule has 2 bridgehead atoms. The van der Waals surface area contributed by atoms with Gasteiger partial charge in [-0.1, -0.05) is 0 Å². The molecule has 9 heteroatoms. The van der Waals surface area contributed by atoms with E-state index in [9.17, 15) is 18.0 Å². The summed E-state index contributed by atoms with van der Waals surface area (Å²) in [5.41, 5.74) is 0.468. The molecule has 144 valence electrons. The van der Waals surface area contributed by atoms with Crippen LogP contribution in [-0.4, -0.2) is 41.6 Å². The zero-order chi connectivity index (χ0) is 19.0. The average Bonchev–Trinajstić information content (AvgIpc) is 3.12. The lowest BCUT2D eigenvalue weighted by molar-refractivity contribution is -0.155. The number of ether oxygens (including phenoxy) is 1. The fourth-order valence-electron chi connectivity index (χ4n) is 3.62. The van der Waals surface area contributed by atoms with Gasteiger partial charge in [0, 0.05) is 18.2 Å². The predicted molar refractivity (Wildman–Crippen MR) is 88.4 cm³/mol. The van der Waals surface area contributed by atoms with E-state index >= 15 is 0 Å². The van der Waals surface area contributed by atoms with Crippen molar-refractivity contribution in [1.82, 2.24) is 15.4 Å². The molecule has 1 aromatic carbocycles. The van der Waals surface area contributed by atoms with E-state index < -0.39 is 11.9 Å². The fraction of sp³-hybridized carbons (Fsp3) is 0.444. The van der Waals surface area contributed by atoms with Crippen LogP contribution in [0, 0.1) is 5.92 Å². The second-order valence-electron chi connectivity index (χ2n) is 6.87. The standard InChI is InChI=1S/C18H18F3N3O3/c19-18(20,21)15-9-16(23-27-15)26-13-3-1-12(2-4-13)17(25)22-14-10-24-7-5-11(14)6-8-24/h1-4,9,11,14H,5-8,10H2,(H,22,25). The van der Waals surface area contributed by atoms with Crippen molar-refractivity contribution < 1.29 is 27.2 Å². The average molecular weight is 381 g/mol. The molecule has 1 aromatic heterocycles. The normalized spacial score (nSPS) is 24.6. The predicted octanol–water partition coefficient (Wildman–Crippen LogP) is 3.31. The van der Waals surface area contributed by atoms with Crippen molar-refractivity contribution in [3.63, 3.8) is 0 Å². The summed E-state index contributed by atoms with van der Waals surface area (Å²) >= 11 is 0. The second-order valence-corrected chi connectivity index (χ2v) is 6.87. The van der Waals surface area contributed by atoms with Gasteiger partial charge in [0.1, 0.15) is 5.75 Å². The zero-order valence-corrected chi connectivity index (χ0v) is 14.3. The van der Waals surface area contributed by atoms with Crippen molar-refractivity contribution in [3.05, 3.63) is 41.7 Å². The Labute approximate surface area is 153 Å². The Balaban J connectivity index is 1.37. The molecule has 0 radical (unpaired) electrons. The van der Waals surface area contributed by atoms with Crippen LogP contribution in [0.4, 0.5) is 13.2 Å². The molecular formula is C18H18F3N3O3. The Morgan fingerprint density at radius 1 is 1.22 bits per heavy atom. The number of nitrogens with zero attached hydrogens (tertiary/aromatic N) is 2. The number of carbonyl (C=O) groups is 1. The monoisotopic (exact) mass is 381 g/mol. The molecule has 1 amide bonds. The van der Waals surface area contributed by atoms with Gasteiger partial charge in [0.2, 0.25) is 5.76 Å². The van der Waals surface area contributed by atoms with Crippen molar-refractivity contribution in [1.29, 1.82) is 0 Å². The summed E-state index contributed by atoms with van der Waals surface area (Å²) in [4.78, 5) is 14.8. The van der Waals surface area contributed by atoms with Crippen molar-refractivity contribution in [2.75, 3.05) is 19.6 Å². The molecule has 0 spiro atoms. The number of rotatable bonds is 4. The third kappa shape index (κ3) is 3.92. The first-order chi connectivity index (χ1) is 12.9. The molecule has 1 N–H and O–H groups in total. The number of amides is 1. The van der Waals surface area contributed by atoms with Gasteiger partial charge in [-0.15, -0.1) is 0 Å². The molecule has 0 aliphatic carbocycles. The topological polar surface area (TPSA) is 67.6 Å². The number of alkyl halides is 3. The molecule has 1 unspecified atom stereocenters. The summed E-state index contributed by atoms with van der Waals surface area (Å²) in [6, 6.07) is 6.98. The second kappa shape index (κ2) is 6.88. The highest BCUT2D eigenvalue weighted by Gasteiger charge is 2.37. The van der Waals surface area contributed by atoms with Crippen LogP contribution in [0.25, 0.3) is 0 Å². The van der Waals surface area contributed by atoms with E-state index in [0.717, 1.165) is 32.5 Å². The van der Waals surface area contributed by atoms with Crippen molar-refractivity contribution >= 4 is 5.91 Å². The van der Waals surface area contributed by atoms with Crippen molar-refractivity contribution in [2.45, 2.75) is 25.1 Å². The van der Waals surface area contributed by atoms with E-state index in [-0.39, 0.29) is 23.6 Å². The van der Waals surface area contributed by atoms with Crippen molar-refractivity contribution in [2.24, 2.45) is 5.92 Å². The van der Waals surface area contributed by atoms with Gasteiger partial charge in [0.05, 0.1) is 6.07 Å². The minimum Gasteiger partial charge on any atom is -0.436 e. The van der Waals surface area contributed by atoms with Crippen LogP contribution in [-0.2, 0) is 6.18 Å². The largest absolute Gasteiger partial charge is 0.452 e. The van der Waals surface area contributed by atoms with E-state index in [2.05, 4.69) is 19.9 Å². The van der Waals surface area contributed by atoms with Gasteiger partial charge in [0.25, 0.3) is 11.8 Å². The Hall–Kier alpha value is -2.55. The Kier molecular flexibility index (Phi) is 4.55. The minimum absolute atomic E-state index is 0.159. The first-order valence-corrected chi connectivity index (χ1v) is 8.73. The lowest BCUT2D eigenvalue weighted by Crippen LogP contribution is -2.57. The summed E-state index contributed by atoms with van der Waals surface area (Å²) in [6.45, 7) is 3.08. The molecular weight excluding hydrogens is 363 g/mol. The first kappa shape index (κ1) is 17.8. The third-order valence-corrected chi connectivity index (χ3v) is 5.08. The SMILES string of the molecule is O=C(NC1CN2CCC1CC2)c1ccc(Oc2cc(C(F)(F)F)on2)cc1. The molecule has 2 aromatic rings. The zero-order valence-electron chi connectivity index (χ0n) is 14.3. The molecule has 4 heterocycles. The molecule has 3 aliphatic heterocycles. The molecule has 0 saturated carbocycles. The molecule has 5 rings (SSSR count). The summed E-state index contributed by atoms with van der Waals surface area (Å²) < 4.78 is 46.9. The summed E-state index contributed by atoms with van der Waals surface area (Å²) in [5.74, 6) is -0.910. The Bertz CT molecular complexity index is 811. The number of piperidine rings is 3. The number of fused-ring (bicyclic) bond motifs is 3. The number of hydrogen-bond donors (Lipinski definition) is 1. The van der Waals surface area contributed by atoms with Crippen LogP contribution in [0.5, 0.6) is 11.6 Å². The highest BCUT2D eigenvalue weighted by molar-refractivity contribution is 5.94. The number of halogens is 3. The van der Waals surface area contributed by atoms with Gasteiger partial charge in [-0.25, -0.2) is 0 Å². The quantitative estimate of drug-likeness (QED) is 0.880. The van der Waals surface area contributed by atoms with E-state index in [1.165, 1.54) is 12.1 Å². The Morgan fingerprint density at radius 3 is 2.48 bits per heavy atom. The maximum absolute atomic E-state index is 12.5. The molecule has 1 atom stereocenters. The maximum Gasteiger partial charge on any atom is 0.452 e. The van der Waals surface area contributed by atoms with Crippen LogP contribution >= 0.6 is 0 Å². The molecule has 3 fully saturated rings. The number of nitrogens with one attached hydrogen (secondary N) is 1. The summed E-state index contributed by atoms with van der Waals surface area (Å²) in [6.07, 6.45) is -2.41. The molecule has 3 aliphatic rings. The first-order valence-electron chi connectivity index (χ1n) is 8.73. The van der Waals surface area contributed by atoms with Gasteiger partial charge in [-0.3, -0.25) is 4.79 Å². The van der Waals surface area contributed by atoms with E-state index in [0.29, 0.717) is 17.5 Å². The summed E-state index contributed by atoms with van der Waals surface area (Å²) in [7, 11) is 0. The van der Waals surface area contributed by atoms with E-state index in [1.54, 1.807) is 12.1 Å². The van der Waals surface area contributed by atoms with Gasteiger partial charge in [-0.2, -0.15) is 13.2 Å². The number of hydrogen-bond acceptors (Lipinski definition) is 5. The maximum atomic E-state index is 12.5. The number of carbonyl (C=O) groups excluding carboxylic acids is 1. The minimum atomic E-state index is -4.62. The van der Waals surface area contributed by atoms with Gasteiger partial charge in [0.15, 0.2) is 0 Å². The highest BCUT2D eigenvalue weighted by Crippen LogP contribution is 2.32. The van der Waals surface area contributed by atoms with Crippen LogP contribution < -0.4 is 10.1 Å². The Morgan fingerprint density at radius 2 is 1.93 bits per heavy atom. The fourth-order valence-corrected chi connectivity index (χ4v) is 3.62. The van der Waals surface area contributed by atoms with E-state index in [4.69, 9.17) is 4.74 Å². The van der Waals surface area contributed by atoms with E-state index in [1.807, 2.05) is 0 Å². The molecule has 27 heavy (non-hydrogen) atoms. The molecule has 6 nitrogen and oxygen atoms in total. The highest BCUT2D eigenvalue weighted by atomic mass is 19.4. The van der Waals surface area contributed by atoms with Crippen molar-refractivity contribution in [3.8, 4) is 11.6 Å². The van der Waals surface area contributed by atoms with Crippen LogP contribution in [0.3, 0.4) is 0 Å². The van der Waals surface area contributed by atoms with Gasteiger partial charge >= 0.3 is 6.18 Å².